The van der Waals surface area contributed by atoms with Crippen LogP contribution >= 0.6 is 11.3 Å². The highest BCUT2D eigenvalue weighted by atomic mass is 32.1. The SMILES string of the molecule is CCOC(=O)c1cc(-c2ccccc2)sc1NC(=O)[C@H]1[C@@H](C(=O)O)[C@@H]2CC[C@@H]1O2. The summed E-state index contributed by atoms with van der Waals surface area (Å²) in [6.45, 7) is 1.93. The number of nitrogens with one attached hydrogen (secondary N) is 1. The van der Waals surface area contributed by atoms with Crippen LogP contribution in [0.25, 0.3) is 10.4 Å². The van der Waals surface area contributed by atoms with Crippen LogP contribution in [0.2, 0.25) is 0 Å². The van der Waals surface area contributed by atoms with Gasteiger partial charge in [0.15, 0.2) is 0 Å². The molecule has 152 valence electrons. The van der Waals surface area contributed by atoms with E-state index in [0.29, 0.717) is 17.8 Å². The molecule has 0 saturated carbocycles. The summed E-state index contributed by atoms with van der Waals surface area (Å²) in [6, 6.07) is 11.2. The van der Waals surface area contributed by atoms with Crippen LogP contribution in [0, 0.1) is 11.8 Å². The van der Waals surface area contributed by atoms with E-state index in [1.807, 2.05) is 30.3 Å². The lowest BCUT2D eigenvalue weighted by Crippen LogP contribution is -2.41. The van der Waals surface area contributed by atoms with Gasteiger partial charge in [0, 0.05) is 4.88 Å². The average Bonchev–Trinajstić information content (AvgIpc) is 3.43. The van der Waals surface area contributed by atoms with Crippen molar-refractivity contribution >= 4 is 34.2 Å². The molecule has 1 aromatic heterocycles. The predicted octanol–water partition coefficient (Wildman–Crippen LogP) is 3.41. The van der Waals surface area contributed by atoms with Gasteiger partial charge < -0.3 is 19.9 Å². The summed E-state index contributed by atoms with van der Waals surface area (Å²) in [5.74, 6) is -3.63. The lowest BCUT2D eigenvalue weighted by molar-refractivity contribution is -0.147. The number of rotatable bonds is 6. The molecule has 3 heterocycles. The van der Waals surface area contributed by atoms with Gasteiger partial charge in [0.2, 0.25) is 5.91 Å². The zero-order chi connectivity index (χ0) is 20.5. The number of carboxylic acids is 1. The summed E-state index contributed by atoms with van der Waals surface area (Å²) in [7, 11) is 0. The molecule has 29 heavy (non-hydrogen) atoms. The van der Waals surface area contributed by atoms with E-state index in [4.69, 9.17) is 9.47 Å². The van der Waals surface area contributed by atoms with E-state index in [0.717, 1.165) is 10.4 Å². The molecule has 2 aliphatic heterocycles. The molecule has 2 bridgehead atoms. The lowest BCUT2D eigenvalue weighted by atomic mass is 9.79. The number of carboxylic acid groups (broad SMARTS) is 1. The van der Waals surface area contributed by atoms with Crippen LogP contribution < -0.4 is 5.32 Å². The van der Waals surface area contributed by atoms with Crippen molar-refractivity contribution in [1.82, 2.24) is 0 Å². The number of hydrogen-bond acceptors (Lipinski definition) is 6. The van der Waals surface area contributed by atoms with Crippen molar-refractivity contribution in [2.75, 3.05) is 11.9 Å². The molecule has 1 aromatic carbocycles. The molecule has 2 aliphatic rings. The van der Waals surface area contributed by atoms with Gasteiger partial charge in [-0.15, -0.1) is 11.3 Å². The molecule has 4 rings (SSSR count). The monoisotopic (exact) mass is 415 g/mol. The summed E-state index contributed by atoms with van der Waals surface area (Å²) in [6.07, 6.45) is 0.481. The molecule has 0 aliphatic carbocycles. The molecule has 0 spiro atoms. The van der Waals surface area contributed by atoms with Crippen molar-refractivity contribution in [2.24, 2.45) is 11.8 Å². The van der Waals surface area contributed by atoms with Gasteiger partial charge in [-0.3, -0.25) is 9.59 Å². The van der Waals surface area contributed by atoms with Gasteiger partial charge in [-0.25, -0.2) is 4.79 Å². The first-order valence-corrected chi connectivity index (χ1v) is 10.4. The van der Waals surface area contributed by atoms with Crippen molar-refractivity contribution in [2.45, 2.75) is 32.0 Å². The Hall–Kier alpha value is -2.71. The maximum atomic E-state index is 13.0. The van der Waals surface area contributed by atoms with Gasteiger partial charge in [-0.05, 0) is 31.4 Å². The minimum absolute atomic E-state index is 0.212. The van der Waals surface area contributed by atoms with E-state index in [1.165, 1.54) is 11.3 Å². The number of hydrogen-bond donors (Lipinski definition) is 2. The van der Waals surface area contributed by atoms with Crippen LogP contribution in [-0.2, 0) is 19.1 Å². The number of carbonyl (C=O) groups excluding carboxylic acids is 2. The molecule has 2 N–H and O–H groups in total. The molecule has 8 heteroatoms. The highest BCUT2D eigenvalue weighted by Gasteiger charge is 2.55. The minimum atomic E-state index is -1.03. The van der Waals surface area contributed by atoms with Crippen LogP contribution in [0.4, 0.5) is 5.00 Å². The standard InChI is InChI=1S/C21H21NO6S/c1-2-27-21(26)12-10-15(11-6-4-3-5-7-11)29-19(12)22-18(23)16-13-8-9-14(28-13)17(16)20(24)25/h3-7,10,13-14,16-17H,2,8-9H2,1H3,(H,22,23)(H,24,25)/t13-,14-,16+,17-/m0/s1. The van der Waals surface area contributed by atoms with Crippen molar-refractivity contribution in [3.05, 3.63) is 42.0 Å². The molecule has 2 aromatic rings. The highest BCUT2D eigenvalue weighted by Crippen LogP contribution is 2.45. The molecule has 2 fully saturated rings. The first-order chi connectivity index (χ1) is 14.0. The van der Waals surface area contributed by atoms with Gasteiger partial charge in [-0.2, -0.15) is 0 Å². The fourth-order valence-electron chi connectivity index (χ4n) is 4.11. The molecule has 0 radical (unpaired) electrons. The average molecular weight is 415 g/mol. The first kappa shape index (κ1) is 19.6. The first-order valence-electron chi connectivity index (χ1n) is 9.55. The van der Waals surface area contributed by atoms with Gasteiger partial charge in [0.1, 0.15) is 5.00 Å². The van der Waals surface area contributed by atoms with Crippen LogP contribution in [0.5, 0.6) is 0 Å². The number of ether oxygens (including phenoxy) is 2. The smallest absolute Gasteiger partial charge is 0.341 e. The largest absolute Gasteiger partial charge is 0.481 e. The number of esters is 1. The number of carbonyl (C=O) groups is 3. The molecule has 7 nitrogen and oxygen atoms in total. The number of amides is 1. The molecule has 1 amide bonds. The predicted molar refractivity (Wildman–Crippen MR) is 107 cm³/mol. The Kier molecular flexibility index (Phi) is 5.38. The van der Waals surface area contributed by atoms with E-state index in [-0.39, 0.29) is 12.2 Å². The highest BCUT2D eigenvalue weighted by molar-refractivity contribution is 7.20. The quantitative estimate of drug-likeness (QED) is 0.701. The van der Waals surface area contributed by atoms with Crippen molar-refractivity contribution in [1.29, 1.82) is 0 Å². The Bertz CT molecular complexity index is 940. The maximum Gasteiger partial charge on any atom is 0.341 e. The minimum Gasteiger partial charge on any atom is -0.481 e. The number of thiophene rings is 1. The van der Waals surface area contributed by atoms with Crippen LogP contribution in [0.15, 0.2) is 36.4 Å². The second-order valence-corrected chi connectivity index (χ2v) is 8.16. The number of anilines is 1. The molecule has 4 atom stereocenters. The lowest BCUT2D eigenvalue weighted by Gasteiger charge is -2.23. The third-order valence-corrected chi connectivity index (χ3v) is 6.48. The number of aliphatic carboxylic acids is 1. The van der Waals surface area contributed by atoms with Crippen LogP contribution in [0.3, 0.4) is 0 Å². The van der Waals surface area contributed by atoms with E-state index in [2.05, 4.69) is 5.32 Å². The summed E-state index contributed by atoms with van der Waals surface area (Å²) in [5.41, 5.74) is 1.18. The Morgan fingerprint density at radius 2 is 1.86 bits per heavy atom. The van der Waals surface area contributed by atoms with Crippen LogP contribution in [-0.4, -0.2) is 41.8 Å². The van der Waals surface area contributed by atoms with Crippen molar-refractivity contribution in [3.8, 4) is 10.4 Å². The zero-order valence-electron chi connectivity index (χ0n) is 15.8. The van der Waals surface area contributed by atoms with Crippen LogP contribution in [0.1, 0.15) is 30.1 Å². The van der Waals surface area contributed by atoms with Gasteiger partial charge in [0.25, 0.3) is 0 Å². The Labute approximate surface area is 171 Å². The molecule has 0 unspecified atom stereocenters. The maximum absolute atomic E-state index is 13.0. The molecular weight excluding hydrogens is 394 g/mol. The number of benzene rings is 1. The Morgan fingerprint density at radius 1 is 1.17 bits per heavy atom. The fraction of sp³-hybridized carbons (Fsp3) is 0.381. The second kappa shape index (κ2) is 7.96. The Balaban J connectivity index is 1.63. The summed E-state index contributed by atoms with van der Waals surface area (Å²) in [5, 5.41) is 12.7. The van der Waals surface area contributed by atoms with Gasteiger partial charge in [-0.1, -0.05) is 30.3 Å². The normalized spacial score (nSPS) is 25.0. The second-order valence-electron chi connectivity index (χ2n) is 7.11. The zero-order valence-corrected chi connectivity index (χ0v) is 16.6. The third-order valence-electron chi connectivity index (χ3n) is 5.38. The van der Waals surface area contributed by atoms with E-state index < -0.39 is 41.9 Å². The number of fused-ring (bicyclic) bond motifs is 2. The fourth-order valence-corrected chi connectivity index (χ4v) is 5.16. The summed E-state index contributed by atoms with van der Waals surface area (Å²) >= 11 is 1.26. The molecular formula is C21H21NO6S. The van der Waals surface area contributed by atoms with E-state index in [9.17, 15) is 19.5 Å². The van der Waals surface area contributed by atoms with E-state index in [1.54, 1.807) is 13.0 Å². The summed E-state index contributed by atoms with van der Waals surface area (Å²) in [4.78, 5) is 37.9. The van der Waals surface area contributed by atoms with Crippen molar-refractivity contribution in [3.63, 3.8) is 0 Å². The van der Waals surface area contributed by atoms with Gasteiger partial charge >= 0.3 is 11.9 Å². The third kappa shape index (κ3) is 3.65. The summed E-state index contributed by atoms with van der Waals surface area (Å²) < 4.78 is 10.8. The van der Waals surface area contributed by atoms with Crippen molar-refractivity contribution < 1.29 is 29.0 Å². The molecule has 2 saturated heterocycles. The topological polar surface area (TPSA) is 102 Å². The van der Waals surface area contributed by atoms with Gasteiger partial charge in [0.05, 0.1) is 36.2 Å². The van der Waals surface area contributed by atoms with E-state index >= 15 is 0 Å². The Morgan fingerprint density at radius 3 is 2.52 bits per heavy atom.